The minimum atomic E-state index is -4.02. The molecular weight excluding hydrogens is 322 g/mol. The molecule has 2 N–H and O–H groups in total. The smallest absolute Gasteiger partial charge is 0.291 e. The average molecular weight is 330 g/mol. The number of aromatic hydroxyl groups is 1. The zero-order valence-corrected chi connectivity index (χ0v) is 11.8. The van der Waals surface area contributed by atoms with Crippen LogP contribution in [0.5, 0.6) is 5.75 Å². The van der Waals surface area contributed by atoms with Crippen molar-refractivity contribution in [2.45, 2.75) is 4.90 Å². The van der Waals surface area contributed by atoms with E-state index in [4.69, 9.17) is 11.6 Å². The van der Waals surface area contributed by atoms with Crippen molar-refractivity contribution in [3.63, 3.8) is 0 Å². The summed E-state index contributed by atoms with van der Waals surface area (Å²) in [4.78, 5) is 13.1. The van der Waals surface area contributed by atoms with Crippen LogP contribution in [0.2, 0.25) is 5.02 Å². The molecule has 0 unspecified atom stereocenters. The molecule has 0 radical (unpaired) electrons. The number of hydrogen-bond donors (Lipinski definition) is 2. The summed E-state index contributed by atoms with van der Waals surface area (Å²) < 4.78 is 26.2. The molecule has 21 heavy (non-hydrogen) atoms. The number of nitrogens with zero attached hydrogens (tertiary/aromatic N) is 2. The molecule has 0 spiro atoms. The Morgan fingerprint density at radius 2 is 2.05 bits per heavy atom. The Balaban J connectivity index is 2.35. The van der Waals surface area contributed by atoms with Crippen LogP contribution in [0.3, 0.4) is 0 Å². The van der Waals surface area contributed by atoms with E-state index in [0.29, 0.717) is 0 Å². The molecule has 2 aromatic rings. The fraction of sp³-hybridized carbons (Fsp3) is 0. The Labute approximate surface area is 124 Å². The fourth-order valence-corrected chi connectivity index (χ4v) is 2.77. The number of hydrogen-bond acceptors (Lipinski definition) is 6. The number of sulfonamides is 1. The van der Waals surface area contributed by atoms with E-state index in [-0.39, 0.29) is 9.92 Å². The van der Waals surface area contributed by atoms with E-state index < -0.39 is 32.2 Å². The van der Waals surface area contributed by atoms with Crippen molar-refractivity contribution in [1.82, 2.24) is 4.98 Å². The summed E-state index contributed by atoms with van der Waals surface area (Å²) >= 11 is 5.71. The summed E-state index contributed by atoms with van der Waals surface area (Å²) in [6.45, 7) is 0. The van der Waals surface area contributed by atoms with Gasteiger partial charge in [-0.3, -0.25) is 14.8 Å². The molecule has 1 heterocycles. The first-order valence-corrected chi connectivity index (χ1v) is 7.27. The lowest BCUT2D eigenvalue weighted by Gasteiger charge is -2.08. The third-order valence-corrected chi connectivity index (χ3v) is 3.97. The van der Waals surface area contributed by atoms with Crippen LogP contribution in [0.1, 0.15) is 0 Å². The van der Waals surface area contributed by atoms with E-state index in [1.807, 2.05) is 4.72 Å². The van der Waals surface area contributed by atoms with Gasteiger partial charge in [-0.25, -0.2) is 13.4 Å². The van der Waals surface area contributed by atoms with Crippen LogP contribution in [-0.2, 0) is 10.0 Å². The zero-order valence-electron chi connectivity index (χ0n) is 10.2. The highest BCUT2D eigenvalue weighted by Gasteiger charge is 2.19. The Hall–Kier alpha value is -2.39. The second-order valence-electron chi connectivity index (χ2n) is 3.88. The summed E-state index contributed by atoms with van der Waals surface area (Å²) in [5, 5.41) is 20.3. The number of halogens is 1. The maximum absolute atomic E-state index is 12.1. The topological polar surface area (TPSA) is 122 Å². The number of nitrogens with one attached hydrogen (secondary N) is 1. The highest BCUT2D eigenvalue weighted by Crippen LogP contribution is 2.27. The monoisotopic (exact) mass is 329 g/mol. The average Bonchev–Trinajstić information content (AvgIpc) is 2.40. The predicted octanol–water partition coefficient (Wildman–Crippen LogP) is 2.15. The summed E-state index contributed by atoms with van der Waals surface area (Å²) in [6.07, 6.45) is 0.829. The molecule has 0 saturated carbocycles. The molecule has 0 amide bonds. The lowest BCUT2D eigenvalue weighted by atomic mass is 10.4. The van der Waals surface area contributed by atoms with Gasteiger partial charge in [0.15, 0.2) is 11.6 Å². The highest BCUT2D eigenvalue weighted by molar-refractivity contribution is 7.92. The molecule has 0 aliphatic rings. The van der Waals surface area contributed by atoms with E-state index in [2.05, 4.69) is 4.98 Å². The van der Waals surface area contributed by atoms with Gasteiger partial charge in [-0.15, -0.1) is 0 Å². The minimum absolute atomic E-state index is 0.130. The lowest BCUT2D eigenvalue weighted by Crippen LogP contribution is -2.14. The maximum Gasteiger partial charge on any atom is 0.291 e. The molecule has 1 aromatic carbocycles. The van der Waals surface area contributed by atoms with Gasteiger partial charge in [0, 0.05) is 5.02 Å². The van der Waals surface area contributed by atoms with Gasteiger partial charge in [0.2, 0.25) is 0 Å². The van der Waals surface area contributed by atoms with Crippen LogP contribution in [-0.4, -0.2) is 23.4 Å². The van der Waals surface area contributed by atoms with Crippen LogP contribution >= 0.6 is 11.6 Å². The van der Waals surface area contributed by atoms with Crippen molar-refractivity contribution >= 4 is 33.1 Å². The van der Waals surface area contributed by atoms with Crippen molar-refractivity contribution in [3.05, 3.63) is 51.7 Å². The quantitative estimate of drug-likeness (QED) is 0.654. The van der Waals surface area contributed by atoms with E-state index in [1.54, 1.807) is 0 Å². The van der Waals surface area contributed by atoms with E-state index in [0.717, 1.165) is 12.3 Å². The van der Waals surface area contributed by atoms with Crippen LogP contribution < -0.4 is 4.72 Å². The van der Waals surface area contributed by atoms with Crippen molar-refractivity contribution in [1.29, 1.82) is 0 Å². The van der Waals surface area contributed by atoms with Crippen molar-refractivity contribution in [2.24, 2.45) is 0 Å². The first-order chi connectivity index (χ1) is 9.79. The molecule has 0 bridgehead atoms. The molecule has 0 saturated heterocycles. The largest absolute Gasteiger partial charge is 0.504 e. The molecular formula is C11H8ClN3O5S. The summed E-state index contributed by atoms with van der Waals surface area (Å²) in [5.41, 5.74) is -0.460. The highest BCUT2D eigenvalue weighted by atomic mass is 35.5. The summed E-state index contributed by atoms with van der Waals surface area (Å²) in [7, 11) is -4.02. The first-order valence-electron chi connectivity index (χ1n) is 5.41. The Morgan fingerprint density at radius 3 is 2.62 bits per heavy atom. The van der Waals surface area contributed by atoms with Crippen molar-refractivity contribution in [2.75, 3.05) is 4.72 Å². The molecule has 0 atom stereocenters. The van der Waals surface area contributed by atoms with E-state index >= 15 is 0 Å². The van der Waals surface area contributed by atoms with Crippen LogP contribution in [0.15, 0.2) is 41.4 Å². The number of benzene rings is 1. The maximum atomic E-state index is 12.1. The second-order valence-corrected chi connectivity index (χ2v) is 6.00. The summed E-state index contributed by atoms with van der Waals surface area (Å²) in [6, 6.07) is 6.26. The van der Waals surface area contributed by atoms with Gasteiger partial charge in [0.05, 0.1) is 15.9 Å². The molecule has 0 fully saturated rings. The Kier molecular flexibility index (Phi) is 3.96. The van der Waals surface area contributed by atoms with Gasteiger partial charge in [-0.05, 0) is 18.2 Å². The normalized spacial score (nSPS) is 11.1. The molecule has 1 aromatic heterocycles. The predicted molar refractivity (Wildman–Crippen MR) is 74.8 cm³/mol. The first kappa shape index (κ1) is 15.0. The van der Waals surface area contributed by atoms with E-state index in [1.165, 1.54) is 24.3 Å². The van der Waals surface area contributed by atoms with Gasteiger partial charge in [0.25, 0.3) is 15.7 Å². The van der Waals surface area contributed by atoms with Gasteiger partial charge >= 0.3 is 0 Å². The summed E-state index contributed by atoms with van der Waals surface area (Å²) in [5.74, 6) is -1.07. The SMILES string of the molecule is O=[N+]([O-])c1cnc(NS(=O)(=O)c2cccc(Cl)c2)c(O)c1. The van der Waals surface area contributed by atoms with Crippen molar-refractivity contribution < 1.29 is 18.4 Å². The molecule has 0 aliphatic heterocycles. The van der Waals surface area contributed by atoms with Crippen LogP contribution in [0.25, 0.3) is 0 Å². The van der Waals surface area contributed by atoms with Crippen LogP contribution in [0.4, 0.5) is 11.5 Å². The van der Waals surface area contributed by atoms with Gasteiger partial charge < -0.3 is 5.11 Å². The number of pyridine rings is 1. The van der Waals surface area contributed by atoms with E-state index in [9.17, 15) is 23.6 Å². The standard InChI is InChI=1S/C11H8ClN3O5S/c12-7-2-1-3-9(4-7)21(19,20)14-11-10(16)5-8(6-13-11)15(17)18/h1-6,16H,(H,13,14). The molecule has 0 aliphatic carbocycles. The van der Waals surface area contributed by atoms with Crippen LogP contribution in [0, 0.1) is 10.1 Å². The number of aromatic nitrogens is 1. The molecule has 10 heteroatoms. The fourth-order valence-electron chi connectivity index (χ4n) is 1.44. The third-order valence-electron chi connectivity index (χ3n) is 2.40. The Morgan fingerprint density at radius 1 is 1.33 bits per heavy atom. The Bertz CT molecular complexity index is 809. The van der Waals surface area contributed by atoms with Gasteiger partial charge in [-0.2, -0.15) is 0 Å². The zero-order chi connectivity index (χ0) is 15.6. The molecule has 2 rings (SSSR count). The van der Waals surface area contributed by atoms with Gasteiger partial charge in [-0.1, -0.05) is 17.7 Å². The minimum Gasteiger partial charge on any atom is -0.504 e. The molecule has 110 valence electrons. The number of rotatable bonds is 4. The lowest BCUT2D eigenvalue weighted by molar-refractivity contribution is -0.385. The number of nitro groups is 1. The number of anilines is 1. The molecule has 8 nitrogen and oxygen atoms in total. The second kappa shape index (κ2) is 5.54. The third kappa shape index (κ3) is 3.38. The van der Waals surface area contributed by atoms with Crippen molar-refractivity contribution in [3.8, 4) is 5.75 Å². The van der Waals surface area contributed by atoms with Gasteiger partial charge in [0.1, 0.15) is 6.20 Å².